The zero-order valence-electron chi connectivity index (χ0n) is 26.9. The van der Waals surface area contributed by atoms with Crippen LogP contribution in [0.15, 0.2) is 0 Å². The summed E-state index contributed by atoms with van der Waals surface area (Å²) < 4.78 is 6.57. The molecule has 1 fully saturated rings. The van der Waals surface area contributed by atoms with Crippen LogP contribution in [0.4, 0.5) is 0 Å². The molecule has 0 saturated carbocycles. The van der Waals surface area contributed by atoms with Gasteiger partial charge in [0.25, 0.3) is 0 Å². The van der Waals surface area contributed by atoms with Crippen LogP contribution in [-0.4, -0.2) is 16.5 Å². The van der Waals surface area contributed by atoms with E-state index in [1.54, 1.807) is 0 Å². The van der Waals surface area contributed by atoms with E-state index in [-0.39, 0.29) is 5.60 Å². The second-order valence-corrected chi connectivity index (χ2v) is 13.0. The van der Waals surface area contributed by atoms with Crippen LogP contribution in [0.3, 0.4) is 0 Å². The molecule has 2 nitrogen and oxygen atoms in total. The maximum Gasteiger partial charge on any atom is 0.196 e. The average molecular weight is 537 g/mol. The van der Waals surface area contributed by atoms with Crippen LogP contribution in [0.5, 0.6) is 0 Å². The molecular weight excluding hydrogens is 464 g/mol. The molecule has 2 heteroatoms. The Hall–Kier alpha value is -0.0800. The van der Waals surface area contributed by atoms with Gasteiger partial charge < -0.3 is 9.84 Å². The van der Waals surface area contributed by atoms with Gasteiger partial charge in [0.05, 0.1) is 0 Å². The molecule has 0 spiro atoms. The fourth-order valence-electron chi connectivity index (χ4n) is 6.83. The van der Waals surface area contributed by atoms with Crippen LogP contribution < -0.4 is 0 Å². The summed E-state index contributed by atoms with van der Waals surface area (Å²) in [6.45, 7) is 9.19. The maximum absolute atomic E-state index is 11.8. The summed E-state index contributed by atoms with van der Waals surface area (Å²) >= 11 is 0. The summed E-state index contributed by atoms with van der Waals surface area (Å²) in [5.41, 5.74) is -0.243. The van der Waals surface area contributed by atoms with Gasteiger partial charge in [-0.25, -0.2) is 0 Å². The van der Waals surface area contributed by atoms with Gasteiger partial charge in [0.15, 0.2) is 5.79 Å². The molecule has 0 amide bonds. The molecule has 38 heavy (non-hydrogen) atoms. The number of ether oxygens (including phenoxy) is 1. The first kappa shape index (κ1) is 35.9. The Labute approximate surface area is 240 Å². The van der Waals surface area contributed by atoms with Gasteiger partial charge in [-0.1, -0.05) is 182 Å². The first-order chi connectivity index (χ1) is 18.6. The Morgan fingerprint density at radius 2 is 0.737 bits per heavy atom. The van der Waals surface area contributed by atoms with Crippen molar-refractivity contribution in [2.24, 2.45) is 5.92 Å². The molecule has 1 heterocycles. The molecule has 3 unspecified atom stereocenters. The third-order valence-electron chi connectivity index (χ3n) is 9.46. The predicted octanol–water partition coefficient (Wildman–Crippen LogP) is 12.5. The minimum absolute atomic E-state index is 0.243. The molecule has 0 bridgehead atoms. The normalized spacial score (nSPS) is 21.7. The highest BCUT2D eigenvalue weighted by Gasteiger charge is 2.70. The fraction of sp³-hybridized carbons (Fsp3) is 1.00. The topological polar surface area (TPSA) is 32.8 Å². The minimum atomic E-state index is -0.838. The van der Waals surface area contributed by atoms with Crippen LogP contribution in [0.25, 0.3) is 0 Å². The van der Waals surface area contributed by atoms with E-state index in [4.69, 9.17) is 4.74 Å². The third-order valence-corrected chi connectivity index (χ3v) is 9.46. The van der Waals surface area contributed by atoms with Gasteiger partial charge in [0, 0.05) is 6.42 Å². The van der Waals surface area contributed by atoms with E-state index >= 15 is 0 Å². The highest BCUT2D eigenvalue weighted by molar-refractivity contribution is 5.12. The van der Waals surface area contributed by atoms with Crippen molar-refractivity contribution in [3.8, 4) is 0 Å². The summed E-state index contributed by atoms with van der Waals surface area (Å²) in [5, 5.41) is 11.8. The molecule has 0 aliphatic carbocycles. The SMILES string of the molecule is CCCCCCCCCC(CCCCCCCC)C1(CCCCCCCC)OC1(O)CCCCCCCC. The summed E-state index contributed by atoms with van der Waals surface area (Å²) in [7, 11) is 0. The minimum Gasteiger partial charge on any atom is -0.363 e. The van der Waals surface area contributed by atoms with Crippen LogP contribution in [0, 0.1) is 5.92 Å². The van der Waals surface area contributed by atoms with Crippen molar-refractivity contribution in [2.45, 2.75) is 225 Å². The van der Waals surface area contributed by atoms with Gasteiger partial charge in [-0.3, -0.25) is 0 Å². The van der Waals surface area contributed by atoms with E-state index < -0.39 is 5.79 Å². The molecule has 1 aliphatic rings. The van der Waals surface area contributed by atoms with Gasteiger partial charge in [-0.2, -0.15) is 0 Å². The number of unbranched alkanes of at least 4 members (excludes halogenated alkanes) is 21. The number of hydrogen-bond donors (Lipinski definition) is 1. The highest BCUT2D eigenvalue weighted by Crippen LogP contribution is 2.59. The van der Waals surface area contributed by atoms with E-state index in [0.717, 1.165) is 19.3 Å². The van der Waals surface area contributed by atoms with E-state index in [1.807, 2.05) is 0 Å². The number of aliphatic hydroxyl groups is 1. The van der Waals surface area contributed by atoms with Gasteiger partial charge in [-0.15, -0.1) is 0 Å². The number of epoxide rings is 1. The van der Waals surface area contributed by atoms with Gasteiger partial charge in [0.1, 0.15) is 5.60 Å². The smallest absolute Gasteiger partial charge is 0.196 e. The van der Waals surface area contributed by atoms with Crippen molar-refractivity contribution in [2.75, 3.05) is 0 Å². The van der Waals surface area contributed by atoms with Crippen molar-refractivity contribution in [3.05, 3.63) is 0 Å². The maximum atomic E-state index is 11.8. The van der Waals surface area contributed by atoms with Crippen LogP contribution in [0.2, 0.25) is 0 Å². The molecule has 0 aromatic heterocycles. The molecule has 3 atom stereocenters. The van der Waals surface area contributed by atoms with E-state index in [0.29, 0.717) is 5.92 Å². The Morgan fingerprint density at radius 1 is 0.421 bits per heavy atom. The molecule has 0 radical (unpaired) electrons. The largest absolute Gasteiger partial charge is 0.363 e. The quantitative estimate of drug-likeness (QED) is 0.0731. The van der Waals surface area contributed by atoms with E-state index in [2.05, 4.69) is 27.7 Å². The summed E-state index contributed by atoms with van der Waals surface area (Å²) in [4.78, 5) is 0. The lowest BCUT2D eigenvalue weighted by Crippen LogP contribution is -2.34. The molecule has 228 valence electrons. The zero-order valence-corrected chi connectivity index (χ0v) is 26.9. The van der Waals surface area contributed by atoms with Gasteiger partial charge in [0.2, 0.25) is 0 Å². The monoisotopic (exact) mass is 537 g/mol. The summed E-state index contributed by atoms with van der Waals surface area (Å²) in [6, 6.07) is 0. The van der Waals surface area contributed by atoms with E-state index in [1.165, 1.54) is 167 Å². The van der Waals surface area contributed by atoms with Gasteiger partial charge >= 0.3 is 0 Å². The second-order valence-electron chi connectivity index (χ2n) is 13.0. The molecular formula is C36H72O2. The molecule has 0 aromatic rings. The van der Waals surface area contributed by atoms with Crippen molar-refractivity contribution in [3.63, 3.8) is 0 Å². The molecule has 0 aromatic carbocycles. The van der Waals surface area contributed by atoms with Crippen LogP contribution in [0.1, 0.15) is 214 Å². The lowest BCUT2D eigenvalue weighted by atomic mass is 9.76. The molecule has 1 aliphatic heterocycles. The fourth-order valence-corrected chi connectivity index (χ4v) is 6.83. The van der Waals surface area contributed by atoms with E-state index in [9.17, 15) is 5.11 Å². The number of hydrogen-bond acceptors (Lipinski definition) is 2. The molecule has 1 saturated heterocycles. The number of rotatable bonds is 30. The van der Waals surface area contributed by atoms with Crippen molar-refractivity contribution in [1.82, 2.24) is 0 Å². The van der Waals surface area contributed by atoms with Gasteiger partial charge in [-0.05, 0) is 31.6 Å². The van der Waals surface area contributed by atoms with Crippen molar-refractivity contribution in [1.29, 1.82) is 0 Å². The molecule has 1 rings (SSSR count). The first-order valence-electron chi connectivity index (χ1n) is 18.0. The lowest BCUT2D eigenvalue weighted by molar-refractivity contribution is 0.0254. The summed E-state index contributed by atoms with van der Waals surface area (Å²) in [5.74, 6) is -0.292. The third kappa shape index (κ3) is 15.1. The Kier molecular flexibility index (Phi) is 22.3. The first-order valence-corrected chi connectivity index (χ1v) is 18.0. The van der Waals surface area contributed by atoms with Crippen molar-refractivity contribution >= 4 is 0 Å². The van der Waals surface area contributed by atoms with Crippen LogP contribution in [-0.2, 0) is 4.74 Å². The second kappa shape index (κ2) is 23.6. The molecule has 1 N–H and O–H groups in total. The van der Waals surface area contributed by atoms with Crippen molar-refractivity contribution < 1.29 is 9.84 Å². The lowest BCUT2D eigenvalue weighted by Gasteiger charge is -2.27. The Morgan fingerprint density at radius 3 is 1.13 bits per heavy atom. The highest BCUT2D eigenvalue weighted by atomic mass is 16.8. The average Bonchev–Trinajstić information content (AvgIpc) is 3.52. The Bertz CT molecular complexity index is 506. The zero-order chi connectivity index (χ0) is 27.8. The Balaban J connectivity index is 2.72. The standard InChI is InChI=1S/C36H72O2/c1-5-9-13-17-21-23-27-31-34(30-26-22-18-14-10-6-2)35(32-28-24-19-15-11-7-3)36(37,38-35)33-29-25-20-16-12-8-4/h34,37H,5-33H2,1-4H3. The summed E-state index contributed by atoms with van der Waals surface area (Å²) in [6.07, 6.45) is 37.8. The predicted molar refractivity (Wildman–Crippen MR) is 169 cm³/mol. The van der Waals surface area contributed by atoms with Crippen LogP contribution >= 0.6 is 0 Å².